The van der Waals surface area contributed by atoms with E-state index in [1.165, 1.54) is 12.0 Å². The first-order chi connectivity index (χ1) is 12.0. The lowest BCUT2D eigenvalue weighted by Gasteiger charge is -2.38. The minimum absolute atomic E-state index is 0.326. The van der Waals surface area contributed by atoms with Gasteiger partial charge < -0.3 is 14.6 Å². The number of aliphatic hydroxyl groups is 1. The van der Waals surface area contributed by atoms with Gasteiger partial charge >= 0.3 is 6.09 Å². The van der Waals surface area contributed by atoms with Crippen molar-refractivity contribution in [2.45, 2.75) is 65.5 Å². The molecule has 3 atom stereocenters. The molecule has 0 unspecified atom stereocenters. The van der Waals surface area contributed by atoms with Crippen molar-refractivity contribution in [3.63, 3.8) is 0 Å². The molecule has 6 heteroatoms. The van der Waals surface area contributed by atoms with Crippen LogP contribution in [0.3, 0.4) is 0 Å². The summed E-state index contributed by atoms with van der Waals surface area (Å²) in [6, 6.07) is 8.44. The van der Waals surface area contributed by atoms with E-state index in [1.54, 1.807) is 0 Å². The Morgan fingerprint density at radius 2 is 1.73 bits per heavy atom. The molecule has 1 aliphatic heterocycles. The number of rotatable bonds is 2. The van der Waals surface area contributed by atoms with Crippen LogP contribution < -0.4 is 0 Å². The third-order valence-electron chi connectivity index (χ3n) is 4.09. The quantitative estimate of drug-likeness (QED) is 0.870. The molecule has 1 aromatic carbocycles. The van der Waals surface area contributed by atoms with Gasteiger partial charge in [0, 0.05) is 5.41 Å². The van der Waals surface area contributed by atoms with Crippen molar-refractivity contribution in [2.24, 2.45) is 10.4 Å². The second kappa shape index (κ2) is 7.27. The number of benzene rings is 1. The molecule has 0 aromatic heterocycles. The Hall–Kier alpha value is -2.08. The summed E-state index contributed by atoms with van der Waals surface area (Å²) < 4.78 is 11.0. The predicted octanol–water partition coefficient (Wildman–Crippen LogP) is 3.76. The summed E-state index contributed by atoms with van der Waals surface area (Å²) in [5.74, 6) is 0.326. The number of ether oxygens (including phenoxy) is 2. The first kappa shape index (κ1) is 20.2. The highest BCUT2D eigenvalue weighted by Crippen LogP contribution is 2.37. The van der Waals surface area contributed by atoms with Gasteiger partial charge in [-0.2, -0.15) is 0 Å². The van der Waals surface area contributed by atoms with Gasteiger partial charge in [0.25, 0.3) is 0 Å². The fourth-order valence-corrected chi connectivity index (χ4v) is 2.96. The standard InChI is InChI=1S/C20H30N2O4/c1-19(2,3)17-21-16(25-7)14(15(23)13-11-9-8-10-12-13)22(17)18(24)26-20(4,5)6/h8-12,14-15,17,23H,1-7H3/t14-,15-,17-/m1/s1. The number of hydrogen-bond acceptors (Lipinski definition) is 5. The molecule has 0 bridgehead atoms. The van der Waals surface area contributed by atoms with E-state index in [-0.39, 0.29) is 5.41 Å². The van der Waals surface area contributed by atoms with Crippen molar-refractivity contribution in [1.82, 2.24) is 4.90 Å². The normalized spacial score (nSPS) is 22.0. The third kappa shape index (κ3) is 4.36. The number of methoxy groups -OCH3 is 1. The van der Waals surface area contributed by atoms with Gasteiger partial charge in [-0.1, -0.05) is 51.1 Å². The second-order valence-electron chi connectivity index (χ2n) is 8.60. The lowest BCUT2D eigenvalue weighted by atomic mass is 9.91. The lowest BCUT2D eigenvalue weighted by Crippen LogP contribution is -2.52. The van der Waals surface area contributed by atoms with E-state index in [0.29, 0.717) is 11.5 Å². The Kier molecular flexibility index (Phi) is 5.66. The van der Waals surface area contributed by atoms with Crippen LogP contribution in [-0.4, -0.2) is 46.9 Å². The van der Waals surface area contributed by atoms with Crippen LogP contribution in [0, 0.1) is 5.41 Å². The summed E-state index contributed by atoms with van der Waals surface area (Å²) in [7, 11) is 1.50. The zero-order chi connectivity index (χ0) is 19.7. The Balaban J connectivity index is 2.46. The maximum Gasteiger partial charge on any atom is 0.412 e. The SMILES string of the molecule is COC1=N[C@@H](C(C)(C)C)N(C(=O)OC(C)(C)C)[C@@H]1[C@H](O)c1ccccc1. The molecular formula is C20H30N2O4. The average Bonchev–Trinajstić information content (AvgIpc) is 2.93. The summed E-state index contributed by atoms with van der Waals surface area (Å²) in [4.78, 5) is 19.1. The van der Waals surface area contributed by atoms with E-state index in [0.717, 1.165) is 0 Å². The van der Waals surface area contributed by atoms with Crippen LogP contribution in [0.4, 0.5) is 4.79 Å². The molecule has 144 valence electrons. The van der Waals surface area contributed by atoms with Crippen LogP contribution in [0.5, 0.6) is 0 Å². The average molecular weight is 362 g/mol. The maximum absolute atomic E-state index is 13.0. The molecule has 1 aliphatic rings. The van der Waals surface area contributed by atoms with Gasteiger partial charge in [0.1, 0.15) is 23.9 Å². The molecule has 0 saturated carbocycles. The number of amides is 1. The summed E-state index contributed by atoms with van der Waals surface area (Å²) in [6.45, 7) is 11.4. The van der Waals surface area contributed by atoms with Crippen molar-refractivity contribution in [2.75, 3.05) is 7.11 Å². The van der Waals surface area contributed by atoms with Crippen LogP contribution in [0.2, 0.25) is 0 Å². The fraction of sp³-hybridized carbons (Fsp3) is 0.600. The molecule has 1 N–H and O–H groups in total. The first-order valence-electron chi connectivity index (χ1n) is 8.81. The largest absolute Gasteiger partial charge is 0.483 e. The molecular weight excluding hydrogens is 332 g/mol. The third-order valence-corrected chi connectivity index (χ3v) is 4.09. The van der Waals surface area contributed by atoms with Crippen LogP contribution in [-0.2, 0) is 9.47 Å². The Morgan fingerprint density at radius 1 is 1.15 bits per heavy atom. The number of nitrogens with zero attached hydrogens (tertiary/aromatic N) is 2. The molecule has 0 saturated heterocycles. The van der Waals surface area contributed by atoms with Gasteiger partial charge in [0.05, 0.1) is 7.11 Å². The summed E-state index contributed by atoms with van der Waals surface area (Å²) in [5, 5.41) is 11.0. The number of aliphatic hydroxyl groups excluding tert-OH is 1. The molecule has 0 aliphatic carbocycles. The molecule has 0 fully saturated rings. The topological polar surface area (TPSA) is 71.4 Å². The van der Waals surface area contributed by atoms with E-state index in [4.69, 9.17) is 9.47 Å². The summed E-state index contributed by atoms with van der Waals surface area (Å²) in [5.41, 5.74) is -0.325. The van der Waals surface area contributed by atoms with E-state index in [2.05, 4.69) is 4.99 Å². The minimum Gasteiger partial charge on any atom is -0.483 e. The smallest absolute Gasteiger partial charge is 0.412 e. The van der Waals surface area contributed by atoms with Crippen LogP contribution >= 0.6 is 0 Å². The van der Waals surface area contributed by atoms with Crippen molar-refractivity contribution < 1.29 is 19.4 Å². The molecule has 26 heavy (non-hydrogen) atoms. The van der Waals surface area contributed by atoms with Gasteiger partial charge in [0.15, 0.2) is 0 Å². The fourth-order valence-electron chi connectivity index (χ4n) is 2.96. The minimum atomic E-state index is -0.977. The second-order valence-corrected chi connectivity index (χ2v) is 8.60. The summed E-state index contributed by atoms with van der Waals surface area (Å²) >= 11 is 0. The Labute approximate surface area is 155 Å². The highest BCUT2D eigenvalue weighted by Gasteiger charge is 2.50. The molecule has 0 spiro atoms. The van der Waals surface area contributed by atoms with Gasteiger partial charge in [-0.05, 0) is 26.3 Å². The van der Waals surface area contributed by atoms with Crippen molar-refractivity contribution >= 4 is 12.0 Å². The molecule has 1 heterocycles. The highest BCUT2D eigenvalue weighted by molar-refractivity contribution is 5.89. The van der Waals surface area contributed by atoms with Crippen molar-refractivity contribution in [1.29, 1.82) is 0 Å². The number of aliphatic imine (C=N–C) groups is 1. The lowest BCUT2D eigenvalue weighted by molar-refractivity contribution is -0.0159. The first-order valence-corrected chi connectivity index (χ1v) is 8.81. The monoisotopic (exact) mass is 362 g/mol. The zero-order valence-electron chi connectivity index (χ0n) is 16.7. The highest BCUT2D eigenvalue weighted by atomic mass is 16.6. The van der Waals surface area contributed by atoms with E-state index < -0.39 is 30.0 Å². The van der Waals surface area contributed by atoms with Gasteiger partial charge in [-0.15, -0.1) is 0 Å². The van der Waals surface area contributed by atoms with Crippen molar-refractivity contribution in [3.05, 3.63) is 35.9 Å². The van der Waals surface area contributed by atoms with E-state index in [1.807, 2.05) is 71.9 Å². The predicted molar refractivity (Wildman–Crippen MR) is 101 cm³/mol. The van der Waals surface area contributed by atoms with Crippen LogP contribution in [0.15, 0.2) is 35.3 Å². The molecule has 1 aromatic rings. The van der Waals surface area contributed by atoms with Gasteiger partial charge in [-0.3, -0.25) is 4.90 Å². The molecule has 1 amide bonds. The van der Waals surface area contributed by atoms with E-state index >= 15 is 0 Å². The summed E-state index contributed by atoms with van der Waals surface area (Å²) in [6.07, 6.45) is -2.00. The van der Waals surface area contributed by atoms with Gasteiger partial charge in [0.2, 0.25) is 5.90 Å². The molecule has 6 nitrogen and oxygen atoms in total. The Bertz CT molecular complexity index is 659. The van der Waals surface area contributed by atoms with Gasteiger partial charge in [-0.25, -0.2) is 9.79 Å². The number of hydrogen-bond donors (Lipinski definition) is 1. The molecule has 0 radical (unpaired) electrons. The Morgan fingerprint density at radius 3 is 2.19 bits per heavy atom. The number of carbonyl (C=O) groups excluding carboxylic acids is 1. The zero-order valence-corrected chi connectivity index (χ0v) is 16.7. The maximum atomic E-state index is 13.0. The van der Waals surface area contributed by atoms with Crippen LogP contribution in [0.25, 0.3) is 0 Å². The van der Waals surface area contributed by atoms with E-state index in [9.17, 15) is 9.90 Å². The van der Waals surface area contributed by atoms with Crippen molar-refractivity contribution in [3.8, 4) is 0 Å². The van der Waals surface area contributed by atoms with Crippen LogP contribution in [0.1, 0.15) is 53.2 Å². The molecule has 2 rings (SSSR count). The number of carbonyl (C=O) groups is 1.